The number of carbonyl (C=O) groups excluding carboxylic acids is 2. The number of nitrogens with one attached hydrogen (secondary N) is 1. The Bertz CT molecular complexity index is 736. The number of anilines is 1. The third-order valence-corrected chi connectivity index (χ3v) is 4.01. The Morgan fingerprint density at radius 1 is 1.08 bits per heavy atom. The van der Waals surface area contributed by atoms with Gasteiger partial charge in [-0.2, -0.15) is 0 Å². The summed E-state index contributed by atoms with van der Waals surface area (Å²) in [5.74, 6) is -1.16. The van der Waals surface area contributed by atoms with Crippen LogP contribution in [0, 0.1) is 0 Å². The van der Waals surface area contributed by atoms with Gasteiger partial charge >= 0.3 is 11.8 Å². The Kier molecular flexibility index (Phi) is 5.91. The summed E-state index contributed by atoms with van der Waals surface area (Å²) in [6.07, 6.45) is 4.11. The van der Waals surface area contributed by atoms with Crippen molar-refractivity contribution in [3.8, 4) is 0 Å². The first-order valence-corrected chi connectivity index (χ1v) is 8.34. The van der Waals surface area contributed by atoms with E-state index in [1.807, 2.05) is 36.4 Å². The topological polar surface area (TPSA) is 62.3 Å². The highest BCUT2D eigenvalue weighted by Crippen LogP contribution is 2.29. The van der Waals surface area contributed by atoms with Gasteiger partial charge in [0.15, 0.2) is 0 Å². The second-order valence-electron chi connectivity index (χ2n) is 7.08. The monoisotopic (exact) mass is 339 g/mol. The van der Waals surface area contributed by atoms with E-state index in [0.717, 1.165) is 11.1 Å². The summed E-state index contributed by atoms with van der Waals surface area (Å²) in [4.78, 5) is 30.1. The summed E-state index contributed by atoms with van der Waals surface area (Å²) in [5, 5.41) is 2.76. The maximum atomic E-state index is 12.3. The Labute approximate surface area is 149 Å². The fraction of sp³-hybridized carbons (Fsp3) is 0.350. The minimum atomic E-state index is -0.617. The van der Waals surface area contributed by atoms with Gasteiger partial charge in [-0.1, -0.05) is 39.0 Å². The van der Waals surface area contributed by atoms with Gasteiger partial charge in [-0.3, -0.25) is 14.6 Å². The Morgan fingerprint density at radius 2 is 1.72 bits per heavy atom. The minimum absolute atomic E-state index is 0.125. The molecule has 0 spiro atoms. The van der Waals surface area contributed by atoms with Gasteiger partial charge < -0.3 is 10.2 Å². The highest BCUT2D eigenvalue weighted by Gasteiger charge is 2.22. The van der Waals surface area contributed by atoms with E-state index in [-0.39, 0.29) is 5.41 Å². The zero-order chi connectivity index (χ0) is 18.4. The summed E-state index contributed by atoms with van der Waals surface area (Å²) in [7, 11) is 1.64. The minimum Gasteiger partial charge on any atom is -0.337 e. The molecule has 1 aromatic carbocycles. The van der Waals surface area contributed by atoms with Crippen LogP contribution in [0.2, 0.25) is 0 Å². The molecule has 0 saturated carbocycles. The van der Waals surface area contributed by atoms with E-state index in [0.29, 0.717) is 18.7 Å². The van der Waals surface area contributed by atoms with Crippen molar-refractivity contribution in [2.45, 2.75) is 32.6 Å². The molecule has 0 aliphatic heterocycles. The van der Waals surface area contributed by atoms with Gasteiger partial charge in [0.25, 0.3) is 0 Å². The molecule has 0 unspecified atom stereocenters. The number of rotatable bonds is 4. The standard InChI is InChI=1S/C20H25N3O2/c1-20(2,3)16-7-5-6-8-17(16)22-18(24)19(25)23(4)14-11-15-9-12-21-13-10-15/h5-10,12-13H,11,14H2,1-4H3,(H,22,24). The van der Waals surface area contributed by atoms with Crippen LogP contribution in [0.25, 0.3) is 0 Å². The van der Waals surface area contributed by atoms with Crippen molar-refractivity contribution in [2.75, 3.05) is 18.9 Å². The van der Waals surface area contributed by atoms with Gasteiger partial charge in [0.2, 0.25) is 0 Å². The number of amides is 2. The van der Waals surface area contributed by atoms with Crippen LogP contribution in [0.1, 0.15) is 31.9 Å². The zero-order valence-corrected chi connectivity index (χ0v) is 15.2. The molecule has 5 heteroatoms. The van der Waals surface area contributed by atoms with Crippen LogP contribution >= 0.6 is 0 Å². The van der Waals surface area contributed by atoms with E-state index in [1.54, 1.807) is 19.4 Å². The first-order valence-electron chi connectivity index (χ1n) is 8.34. The molecular weight excluding hydrogens is 314 g/mol. The van der Waals surface area contributed by atoms with Crippen LogP contribution < -0.4 is 5.32 Å². The lowest BCUT2D eigenvalue weighted by atomic mass is 9.86. The third-order valence-electron chi connectivity index (χ3n) is 4.01. The van der Waals surface area contributed by atoms with Crippen LogP contribution in [-0.2, 0) is 21.4 Å². The molecule has 1 heterocycles. The highest BCUT2D eigenvalue weighted by atomic mass is 16.2. The van der Waals surface area contributed by atoms with Crippen molar-refractivity contribution in [3.63, 3.8) is 0 Å². The molecule has 132 valence electrons. The van der Waals surface area contributed by atoms with Gasteiger partial charge in [0.05, 0.1) is 0 Å². The molecule has 1 N–H and O–H groups in total. The predicted molar refractivity (Wildman–Crippen MR) is 99.3 cm³/mol. The van der Waals surface area contributed by atoms with Crippen molar-refractivity contribution in [3.05, 3.63) is 59.9 Å². The summed E-state index contributed by atoms with van der Waals surface area (Å²) >= 11 is 0. The highest BCUT2D eigenvalue weighted by molar-refractivity contribution is 6.39. The lowest BCUT2D eigenvalue weighted by molar-refractivity contribution is -0.142. The predicted octanol–water partition coefficient (Wildman–Crippen LogP) is 3.02. The number of aromatic nitrogens is 1. The Balaban J connectivity index is 2.00. The van der Waals surface area contributed by atoms with E-state index in [2.05, 4.69) is 31.1 Å². The molecule has 2 aromatic rings. The van der Waals surface area contributed by atoms with Crippen LogP contribution in [-0.4, -0.2) is 35.3 Å². The fourth-order valence-electron chi connectivity index (χ4n) is 2.54. The number of nitrogens with zero attached hydrogens (tertiary/aromatic N) is 2. The van der Waals surface area contributed by atoms with Crippen LogP contribution in [0.5, 0.6) is 0 Å². The molecule has 0 fully saturated rings. The van der Waals surface area contributed by atoms with Gasteiger partial charge in [0.1, 0.15) is 0 Å². The van der Waals surface area contributed by atoms with E-state index >= 15 is 0 Å². The van der Waals surface area contributed by atoms with Crippen LogP contribution in [0.15, 0.2) is 48.8 Å². The smallest absolute Gasteiger partial charge is 0.313 e. The number of benzene rings is 1. The number of para-hydroxylation sites is 1. The first kappa shape index (κ1) is 18.6. The van der Waals surface area contributed by atoms with Crippen molar-refractivity contribution in [1.82, 2.24) is 9.88 Å². The van der Waals surface area contributed by atoms with Crippen molar-refractivity contribution < 1.29 is 9.59 Å². The quantitative estimate of drug-likeness (QED) is 0.871. The maximum absolute atomic E-state index is 12.3. The molecule has 25 heavy (non-hydrogen) atoms. The summed E-state index contributed by atoms with van der Waals surface area (Å²) in [6.45, 7) is 6.68. The zero-order valence-electron chi connectivity index (χ0n) is 15.2. The van der Waals surface area contributed by atoms with E-state index < -0.39 is 11.8 Å². The molecule has 2 amide bonds. The average molecular weight is 339 g/mol. The van der Waals surface area contributed by atoms with Gasteiger partial charge in [-0.25, -0.2) is 0 Å². The Hall–Kier alpha value is -2.69. The average Bonchev–Trinajstić information content (AvgIpc) is 2.59. The molecular formula is C20H25N3O2. The van der Waals surface area contributed by atoms with Crippen LogP contribution in [0.3, 0.4) is 0 Å². The van der Waals surface area contributed by atoms with Crippen molar-refractivity contribution in [1.29, 1.82) is 0 Å². The molecule has 5 nitrogen and oxygen atoms in total. The molecule has 0 aliphatic rings. The molecule has 0 aliphatic carbocycles. The lowest BCUT2D eigenvalue weighted by Gasteiger charge is -2.23. The molecule has 0 atom stereocenters. The third kappa shape index (κ3) is 5.14. The van der Waals surface area contributed by atoms with Crippen molar-refractivity contribution >= 4 is 17.5 Å². The first-order chi connectivity index (χ1) is 11.8. The maximum Gasteiger partial charge on any atom is 0.313 e. The van der Waals surface area contributed by atoms with E-state index in [9.17, 15) is 9.59 Å². The molecule has 1 aromatic heterocycles. The fourth-order valence-corrected chi connectivity index (χ4v) is 2.54. The molecule has 0 saturated heterocycles. The number of pyridine rings is 1. The second-order valence-corrected chi connectivity index (χ2v) is 7.08. The molecule has 0 bridgehead atoms. The van der Waals surface area contributed by atoms with E-state index in [1.165, 1.54) is 4.90 Å². The largest absolute Gasteiger partial charge is 0.337 e. The molecule has 0 radical (unpaired) electrons. The second kappa shape index (κ2) is 7.92. The number of hydrogen-bond acceptors (Lipinski definition) is 3. The molecule has 2 rings (SSSR count). The van der Waals surface area contributed by atoms with Crippen LogP contribution in [0.4, 0.5) is 5.69 Å². The van der Waals surface area contributed by atoms with E-state index in [4.69, 9.17) is 0 Å². The van der Waals surface area contributed by atoms with Crippen molar-refractivity contribution in [2.24, 2.45) is 0 Å². The number of carbonyl (C=O) groups is 2. The number of likely N-dealkylation sites (N-methyl/N-ethyl adjacent to an activating group) is 1. The summed E-state index contributed by atoms with van der Waals surface area (Å²) < 4.78 is 0. The van der Waals surface area contributed by atoms with Gasteiger partial charge in [-0.05, 0) is 41.2 Å². The normalized spacial score (nSPS) is 11.0. The summed E-state index contributed by atoms with van der Waals surface area (Å²) in [5.41, 5.74) is 2.62. The number of hydrogen-bond donors (Lipinski definition) is 1. The lowest BCUT2D eigenvalue weighted by Crippen LogP contribution is -2.38. The van der Waals surface area contributed by atoms with Gasteiger partial charge in [-0.15, -0.1) is 0 Å². The Morgan fingerprint density at radius 3 is 2.36 bits per heavy atom. The summed E-state index contributed by atoms with van der Waals surface area (Å²) in [6, 6.07) is 11.4. The SMILES string of the molecule is CN(CCc1ccncc1)C(=O)C(=O)Nc1ccccc1C(C)(C)C. The van der Waals surface area contributed by atoms with Gasteiger partial charge in [0, 0.05) is 31.7 Å².